The maximum Gasteiger partial charge on any atom is 0.227 e. The summed E-state index contributed by atoms with van der Waals surface area (Å²) < 4.78 is 6.94. The summed E-state index contributed by atoms with van der Waals surface area (Å²) in [6.45, 7) is 0. The topological polar surface area (TPSA) is 26.0 Å². The van der Waals surface area contributed by atoms with Gasteiger partial charge < -0.3 is 4.42 Å². The minimum atomic E-state index is 0.663. The molecule has 0 radical (unpaired) electrons. The highest BCUT2D eigenvalue weighted by atomic mass is 79.9. The van der Waals surface area contributed by atoms with Gasteiger partial charge in [-0.3, -0.25) is 0 Å². The van der Waals surface area contributed by atoms with Crippen molar-refractivity contribution in [1.29, 1.82) is 0 Å². The van der Waals surface area contributed by atoms with E-state index in [4.69, 9.17) is 4.42 Å². The number of aromatic nitrogens is 1. The first-order valence-corrected chi connectivity index (χ1v) is 7.15. The summed E-state index contributed by atoms with van der Waals surface area (Å²) in [7, 11) is 0. The highest BCUT2D eigenvalue weighted by molar-refractivity contribution is 9.10. The van der Waals surface area contributed by atoms with Crippen LogP contribution in [-0.4, -0.2) is 4.98 Å². The van der Waals surface area contributed by atoms with Gasteiger partial charge in [-0.2, -0.15) is 0 Å². The van der Waals surface area contributed by atoms with E-state index in [0.717, 1.165) is 31.9 Å². The molecule has 3 heteroatoms. The molecule has 0 bridgehead atoms. The Kier molecular flexibility index (Phi) is 2.60. The number of oxazole rings is 1. The standard InChI is InChI=1S/C17H10BrNO/c18-13-7-8-14-12(10-13)6-9-15-16(14)19-17(20-15)11-4-2-1-3-5-11/h1-10H. The Morgan fingerprint density at radius 1 is 0.900 bits per heavy atom. The number of halogens is 1. The summed E-state index contributed by atoms with van der Waals surface area (Å²) in [5, 5.41) is 2.26. The summed E-state index contributed by atoms with van der Waals surface area (Å²) in [5.74, 6) is 0.663. The minimum absolute atomic E-state index is 0.663. The Morgan fingerprint density at radius 2 is 1.75 bits per heavy atom. The van der Waals surface area contributed by atoms with Crippen molar-refractivity contribution in [1.82, 2.24) is 4.98 Å². The Bertz CT molecular complexity index is 912. The molecule has 0 aliphatic heterocycles. The van der Waals surface area contributed by atoms with Gasteiger partial charge in [0.15, 0.2) is 5.58 Å². The molecule has 1 aromatic heterocycles. The first kappa shape index (κ1) is 11.7. The molecule has 0 unspecified atom stereocenters. The fraction of sp³-hybridized carbons (Fsp3) is 0. The van der Waals surface area contributed by atoms with Crippen molar-refractivity contribution < 1.29 is 4.42 Å². The number of rotatable bonds is 1. The largest absolute Gasteiger partial charge is 0.436 e. The van der Waals surface area contributed by atoms with Crippen LogP contribution in [0.1, 0.15) is 0 Å². The molecule has 4 rings (SSSR count). The first-order chi connectivity index (χ1) is 9.81. The van der Waals surface area contributed by atoms with Crippen LogP contribution in [0.3, 0.4) is 0 Å². The summed E-state index contributed by atoms with van der Waals surface area (Å²) in [5.41, 5.74) is 2.72. The first-order valence-electron chi connectivity index (χ1n) is 6.35. The molecule has 0 atom stereocenters. The fourth-order valence-corrected chi connectivity index (χ4v) is 2.77. The molecule has 0 aliphatic carbocycles. The molecule has 4 aromatic rings. The number of fused-ring (bicyclic) bond motifs is 3. The smallest absolute Gasteiger partial charge is 0.227 e. The molecule has 0 amide bonds. The van der Waals surface area contributed by atoms with Crippen LogP contribution in [0.15, 0.2) is 69.6 Å². The van der Waals surface area contributed by atoms with E-state index in [0.29, 0.717) is 5.89 Å². The van der Waals surface area contributed by atoms with Crippen LogP contribution in [0.2, 0.25) is 0 Å². The van der Waals surface area contributed by atoms with E-state index >= 15 is 0 Å². The van der Waals surface area contributed by atoms with E-state index in [9.17, 15) is 0 Å². The van der Waals surface area contributed by atoms with E-state index in [1.165, 1.54) is 0 Å². The molecule has 0 spiro atoms. The molecule has 1 heterocycles. The van der Waals surface area contributed by atoms with Gasteiger partial charge in [0.25, 0.3) is 0 Å². The van der Waals surface area contributed by atoms with E-state index in [2.05, 4.69) is 39.1 Å². The lowest BCUT2D eigenvalue weighted by Gasteiger charge is -1.97. The average molecular weight is 324 g/mol. The second kappa shape index (κ2) is 4.46. The number of benzene rings is 3. The van der Waals surface area contributed by atoms with Crippen LogP contribution >= 0.6 is 15.9 Å². The molecule has 20 heavy (non-hydrogen) atoms. The molecule has 3 aromatic carbocycles. The minimum Gasteiger partial charge on any atom is -0.436 e. The predicted molar refractivity (Wildman–Crippen MR) is 84.7 cm³/mol. The molecule has 0 saturated heterocycles. The fourth-order valence-electron chi connectivity index (χ4n) is 2.39. The second-order valence-electron chi connectivity index (χ2n) is 4.66. The van der Waals surface area contributed by atoms with Gasteiger partial charge in [-0.1, -0.05) is 46.3 Å². The molecule has 2 nitrogen and oxygen atoms in total. The van der Waals surface area contributed by atoms with Crippen molar-refractivity contribution in [3.8, 4) is 11.5 Å². The Hall–Kier alpha value is -2.13. The number of hydrogen-bond acceptors (Lipinski definition) is 2. The summed E-state index contributed by atoms with van der Waals surface area (Å²) in [6.07, 6.45) is 0. The predicted octanol–water partition coefficient (Wildman–Crippen LogP) is 5.41. The molecule has 0 N–H and O–H groups in total. The van der Waals surface area contributed by atoms with Gasteiger partial charge in [0.05, 0.1) is 0 Å². The van der Waals surface area contributed by atoms with Crippen molar-refractivity contribution >= 4 is 37.8 Å². The normalized spacial score (nSPS) is 11.2. The average Bonchev–Trinajstić information content (AvgIpc) is 2.92. The molecule has 96 valence electrons. The van der Waals surface area contributed by atoms with Gasteiger partial charge in [0.1, 0.15) is 5.52 Å². The Balaban J connectivity index is 2.02. The van der Waals surface area contributed by atoms with E-state index < -0.39 is 0 Å². The molecule has 0 saturated carbocycles. The molecule has 0 aliphatic rings. The van der Waals surface area contributed by atoms with Gasteiger partial charge in [0.2, 0.25) is 5.89 Å². The van der Waals surface area contributed by atoms with E-state index in [1.807, 2.05) is 42.5 Å². The molecular formula is C17H10BrNO. The summed E-state index contributed by atoms with van der Waals surface area (Å²) >= 11 is 3.49. The zero-order chi connectivity index (χ0) is 13.5. The highest BCUT2D eigenvalue weighted by Gasteiger charge is 2.10. The van der Waals surface area contributed by atoms with Gasteiger partial charge in [-0.25, -0.2) is 4.98 Å². The van der Waals surface area contributed by atoms with Crippen LogP contribution in [0.25, 0.3) is 33.3 Å². The molecular weight excluding hydrogens is 314 g/mol. The third kappa shape index (κ3) is 1.82. The second-order valence-corrected chi connectivity index (χ2v) is 5.58. The van der Waals surface area contributed by atoms with E-state index in [1.54, 1.807) is 0 Å². The van der Waals surface area contributed by atoms with Crippen molar-refractivity contribution in [2.45, 2.75) is 0 Å². The lowest BCUT2D eigenvalue weighted by atomic mass is 10.1. The zero-order valence-electron chi connectivity index (χ0n) is 10.5. The number of hydrogen-bond donors (Lipinski definition) is 0. The van der Waals surface area contributed by atoms with Crippen LogP contribution in [0.5, 0.6) is 0 Å². The zero-order valence-corrected chi connectivity index (χ0v) is 12.1. The van der Waals surface area contributed by atoms with Gasteiger partial charge >= 0.3 is 0 Å². The van der Waals surface area contributed by atoms with Crippen molar-refractivity contribution in [3.63, 3.8) is 0 Å². The van der Waals surface area contributed by atoms with Crippen LogP contribution in [0.4, 0.5) is 0 Å². The van der Waals surface area contributed by atoms with E-state index in [-0.39, 0.29) is 0 Å². The van der Waals surface area contributed by atoms with Crippen LogP contribution in [0, 0.1) is 0 Å². The Morgan fingerprint density at radius 3 is 2.60 bits per heavy atom. The monoisotopic (exact) mass is 323 g/mol. The maximum absolute atomic E-state index is 5.87. The third-order valence-electron chi connectivity index (χ3n) is 3.36. The van der Waals surface area contributed by atoms with Gasteiger partial charge in [-0.15, -0.1) is 0 Å². The SMILES string of the molecule is Brc1ccc2c(ccc3oc(-c4ccccc4)nc32)c1. The third-order valence-corrected chi connectivity index (χ3v) is 3.85. The Labute approximate surface area is 124 Å². The lowest BCUT2D eigenvalue weighted by molar-refractivity contribution is 0.620. The highest BCUT2D eigenvalue weighted by Crippen LogP contribution is 2.30. The summed E-state index contributed by atoms with van der Waals surface area (Å²) in [6, 6.07) is 20.2. The molecule has 0 fully saturated rings. The van der Waals surface area contributed by atoms with Crippen molar-refractivity contribution in [2.75, 3.05) is 0 Å². The van der Waals surface area contributed by atoms with Gasteiger partial charge in [0, 0.05) is 15.4 Å². The van der Waals surface area contributed by atoms with Gasteiger partial charge in [-0.05, 0) is 35.7 Å². The van der Waals surface area contributed by atoms with Crippen molar-refractivity contribution in [2.24, 2.45) is 0 Å². The quantitative estimate of drug-likeness (QED) is 0.468. The summed E-state index contributed by atoms with van der Waals surface area (Å²) in [4.78, 5) is 4.66. The maximum atomic E-state index is 5.87. The van der Waals surface area contributed by atoms with Crippen LogP contribution < -0.4 is 0 Å². The van der Waals surface area contributed by atoms with Crippen molar-refractivity contribution in [3.05, 3.63) is 65.1 Å². The number of nitrogens with zero attached hydrogens (tertiary/aromatic N) is 1. The lowest BCUT2D eigenvalue weighted by Crippen LogP contribution is -1.77. The van der Waals surface area contributed by atoms with Crippen LogP contribution in [-0.2, 0) is 0 Å².